The summed E-state index contributed by atoms with van der Waals surface area (Å²) in [5.74, 6) is -1.53. The first kappa shape index (κ1) is 26.7. The molecule has 180 valence electrons. The third-order valence-corrected chi connectivity index (χ3v) is 8.95. The molecule has 5 unspecified atom stereocenters. The number of benzene rings is 1. The van der Waals surface area contributed by atoms with Crippen LogP contribution in [0, 0.1) is 5.92 Å². The van der Waals surface area contributed by atoms with E-state index in [-0.39, 0.29) is 18.4 Å². The third-order valence-electron chi connectivity index (χ3n) is 6.24. The summed E-state index contributed by atoms with van der Waals surface area (Å²) in [4.78, 5) is 14.9. The summed E-state index contributed by atoms with van der Waals surface area (Å²) >= 11 is 0. The molecule has 0 N–H and O–H groups in total. The van der Waals surface area contributed by atoms with Gasteiger partial charge in [-0.05, 0) is 37.9 Å². The minimum Gasteiger partial charge on any atom is -0.430 e. The summed E-state index contributed by atoms with van der Waals surface area (Å²) in [6.07, 6.45) is 2.74. The Morgan fingerprint density at radius 2 is 1.88 bits per heavy atom. The van der Waals surface area contributed by atoms with Crippen LogP contribution in [0.3, 0.4) is 0 Å². The number of halogens is 2. The Kier molecular flexibility index (Phi) is 10.5. The minimum absolute atomic E-state index is 0.0430. The molecule has 0 saturated carbocycles. The van der Waals surface area contributed by atoms with Crippen LogP contribution < -0.4 is 0 Å². The van der Waals surface area contributed by atoms with Crippen LogP contribution in [0.5, 0.6) is 0 Å². The molecule has 32 heavy (non-hydrogen) atoms. The van der Waals surface area contributed by atoms with Gasteiger partial charge in [0, 0.05) is 31.5 Å². The zero-order chi connectivity index (χ0) is 23.7. The van der Waals surface area contributed by atoms with E-state index in [1.807, 2.05) is 68.2 Å². The van der Waals surface area contributed by atoms with E-state index in [1.54, 1.807) is 0 Å². The number of hydrogen-bond acceptors (Lipinski definition) is 4. The van der Waals surface area contributed by atoms with Gasteiger partial charge in [-0.2, -0.15) is 0 Å². The number of alkyl halides is 2. The first-order valence-electron chi connectivity index (χ1n) is 11.8. The monoisotopic (exact) mass is 467 g/mol. The molecule has 0 spiro atoms. The first-order valence-corrected chi connectivity index (χ1v) is 14.8. The number of carbonyl (C=O) groups excluding carboxylic acids is 1. The molecule has 1 aromatic rings. The predicted molar refractivity (Wildman–Crippen MR) is 127 cm³/mol. The average molecular weight is 468 g/mol. The maximum absolute atomic E-state index is 14.6. The van der Waals surface area contributed by atoms with Crippen LogP contribution in [0.25, 0.3) is 0 Å². The van der Waals surface area contributed by atoms with Crippen molar-refractivity contribution < 1.29 is 22.7 Å². The van der Waals surface area contributed by atoms with E-state index in [0.29, 0.717) is 32.4 Å². The fourth-order valence-electron chi connectivity index (χ4n) is 4.28. The van der Waals surface area contributed by atoms with E-state index in [0.717, 1.165) is 12.0 Å². The Hall–Kier alpha value is -1.57. The second-order valence-corrected chi connectivity index (χ2v) is 13.3. The zero-order valence-corrected chi connectivity index (χ0v) is 20.9. The highest BCUT2D eigenvalue weighted by molar-refractivity contribution is 6.72. The summed E-state index contributed by atoms with van der Waals surface area (Å²) < 4.78 is 40.0. The highest BCUT2D eigenvalue weighted by Crippen LogP contribution is 2.35. The molecule has 1 aliphatic heterocycles. The van der Waals surface area contributed by atoms with E-state index in [4.69, 9.17) is 9.16 Å². The van der Waals surface area contributed by atoms with Gasteiger partial charge in [-0.15, -0.1) is 6.58 Å². The molecule has 1 fully saturated rings. The van der Waals surface area contributed by atoms with Gasteiger partial charge in [0.15, 0.2) is 0 Å². The summed E-state index contributed by atoms with van der Waals surface area (Å²) in [5, 5.41) is 0. The van der Waals surface area contributed by atoms with Gasteiger partial charge in [-0.1, -0.05) is 56.7 Å². The van der Waals surface area contributed by atoms with E-state index in [1.165, 1.54) is 0 Å². The van der Waals surface area contributed by atoms with Gasteiger partial charge < -0.3 is 9.16 Å². The Morgan fingerprint density at radius 3 is 2.47 bits per heavy atom. The predicted octanol–water partition coefficient (Wildman–Crippen LogP) is 5.97. The van der Waals surface area contributed by atoms with Crippen LogP contribution in [-0.2, 0) is 20.5 Å². The Bertz CT molecular complexity index is 718. The molecule has 1 aromatic carbocycles. The molecular weight excluding hydrogens is 428 g/mol. The van der Waals surface area contributed by atoms with Gasteiger partial charge in [0.05, 0.1) is 0 Å². The number of likely N-dealkylation sites (tertiary alicyclic amines) is 1. The summed E-state index contributed by atoms with van der Waals surface area (Å²) in [5.41, 5.74) is 1.05. The lowest BCUT2D eigenvalue weighted by molar-refractivity contribution is -0.164. The number of rotatable bonds is 13. The summed E-state index contributed by atoms with van der Waals surface area (Å²) in [6.45, 7) is 12.5. The van der Waals surface area contributed by atoms with E-state index in [2.05, 4.69) is 6.58 Å². The van der Waals surface area contributed by atoms with Crippen molar-refractivity contribution in [3.8, 4) is 0 Å². The highest BCUT2D eigenvalue weighted by atomic mass is 28.4. The third kappa shape index (κ3) is 7.22. The van der Waals surface area contributed by atoms with Crippen molar-refractivity contribution in [2.24, 2.45) is 5.92 Å². The number of hydrogen-bond donors (Lipinski definition) is 0. The van der Waals surface area contributed by atoms with E-state index >= 15 is 0 Å². The first-order chi connectivity index (χ1) is 15.2. The van der Waals surface area contributed by atoms with Crippen molar-refractivity contribution in [1.29, 1.82) is 0 Å². The molecule has 0 aliphatic carbocycles. The van der Waals surface area contributed by atoms with Crippen LogP contribution in [0.4, 0.5) is 8.78 Å². The smallest absolute Gasteiger partial charge is 0.325 e. The second kappa shape index (κ2) is 12.6. The molecule has 2 rings (SSSR count). The van der Waals surface area contributed by atoms with Crippen molar-refractivity contribution in [2.75, 3.05) is 6.61 Å². The van der Waals surface area contributed by atoms with Crippen LogP contribution >= 0.6 is 0 Å². The number of nitrogens with zero attached hydrogens (tertiary/aromatic N) is 1. The van der Waals surface area contributed by atoms with Crippen molar-refractivity contribution in [2.45, 2.75) is 89.8 Å². The molecule has 0 radical (unpaired) electrons. The van der Waals surface area contributed by atoms with Crippen molar-refractivity contribution in [3.63, 3.8) is 0 Å². The second-order valence-electron chi connectivity index (χ2n) is 9.20. The van der Waals surface area contributed by atoms with Gasteiger partial charge in [-0.25, -0.2) is 8.78 Å². The van der Waals surface area contributed by atoms with Crippen molar-refractivity contribution >= 4 is 14.3 Å². The van der Waals surface area contributed by atoms with Crippen molar-refractivity contribution in [1.82, 2.24) is 4.90 Å². The van der Waals surface area contributed by atoms with Gasteiger partial charge in [0.25, 0.3) is 0 Å². The largest absolute Gasteiger partial charge is 0.430 e. The molecule has 4 nitrogen and oxygen atoms in total. The SMILES string of the molecule is C=CC1C(CO[Si](C)(C)C(F)CCC)CC(C(=O)OC(F)CCC)N1Cc1ccccc1. The summed E-state index contributed by atoms with van der Waals surface area (Å²) in [7, 11) is -2.52. The quantitative estimate of drug-likeness (QED) is 0.204. The molecular formula is C25H39F2NO3Si. The number of esters is 1. The van der Waals surface area contributed by atoms with E-state index in [9.17, 15) is 13.6 Å². The highest BCUT2D eigenvalue weighted by Gasteiger charge is 2.45. The van der Waals surface area contributed by atoms with Gasteiger partial charge in [-0.3, -0.25) is 9.69 Å². The minimum atomic E-state index is -2.52. The molecule has 1 saturated heterocycles. The normalized spacial score (nSPS) is 23.6. The molecule has 7 heteroatoms. The maximum atomic E-state index is 14.6. The van der Waals surface area contributed by atoms with E-state index < -0.39 is 32.5 Å². The molecule has 0 aromatic heterocycles. The number of carbonyl (C=O) groups is 1. The van der Waals surface area contributed by atoms with Crippen LogP contribution in [0.2, 0.25) is 13.1 Å². The van der Waals surface area contributed by atoms with Gasteiger partial charge in [0.2, 0.25) is 14.7 Å². The molecule has 5 atom stereocenters. The lowest BCUT2D eigenvalue weighted by atomic mass is 10.00. The lowest BCUT2D eigenvalue weighted by Crippen LogP contribution is -2.44. The molecule has 1 heterocycles. The standard InChI is InChI=1S/C25H39F2NO3Si/c1-6-12-23(26)31-25(29)22-16-20(18-30-32(4,5)24(27)13-7-2)21(8-3)28(22)17-19-14-10-9-11-15-19/h8-11,14-15,20-24H,3,6-7,12-13,16-18H2,1-2,4-5H3. The van der Waals surface area contributed by atoms with Crippen LogP contribution in [0.1, 0.15) is 51.5 Å². The Balaban J connectivity index is 2.18. The van der Waals surface area contributed by atoms with Gasteiger partial charge in [0.1, 0.15) is 11.8 Å². The molecule has 1 aliphatic rings. The number of ether oxygens (including phenoxy) is 1. The Morgan fingerprint density at radius 1 is 1.22 bits per heavy atom. The topological polar surface area (TPSA) is 38.8 Å². The summed E-state index contributed by atoms with van der Waals surface area (Å²) in [6, 6.07) is 9.09. The van der Waals surface area contributed by atoms with Crippen LogP contribution in [0.15, 0.2) is 43.0 Å². The zero-order valence-electron chi connectivity index (χ0n) is 19.9. The maximum Gasteiger partial charge on any atom is 0.325 e. The fraction of sp³-hybridized carbons (Fsp3) is 0.640. The fourth-order valence-corrected chi connectivity index (χ4v) is 6.09. The molecule has 0 bridgehead atoms. The average Bonchev–Trinajstić information content (AvgIpc) is 3.10. The van der Waals surface area contributed by atoms with Crippen LogP contribution in [-0.4, -0.2) is 50.0 Å². The van der Waals surface area contributed by atoms with Gasteiger partial charge >= 0.3 is 5.97 Å². The van der Waals surface area contributed by atoms with Crippen molar-refractivity contribution in [3.05, 3.63) is 48.6 Å². The molecule has 0 amide bonds. The lowest BCUT2D eigenvalue weighted by Gasteiger charge is -2.31. The Labute approximate surface area is 193 Å².